The fourth-order valence-corrected chi connectivity index (χ4v) is 1.83. The van der Waals surface area contributed by atoms with Gasteiger partial charge in [0.2, 0.25) is 5.91 Å². The first-order chi connectivity index (χ1) is 9.54. The van der Waals surface area contributed by atoms with Gasteiger partial charge in [-0.25, -0.2) is 0 Å². The van der Waals surface area contributed by atoms with Crippen LogP contribution in [0.25, 0.3) is 0 Å². The SMILES string of the molecule is Cn1cc(NC(=O)CCOc2ccc(Cl)c(Cl)c2)cn1. The van der Waals surface area contributed by atoms with E-state index in [4.69, 9.17) is 27.9 Å². The molecule has 1 aromatic heterocycles. The van der Waals surface area contributed by atoms with Crippen molar-refractivity contribution in [1.29, 1.82) is 0 Å². The van der Waals surface area contributed by atoms with Gasteiger partial charge in [0.05, 0.1) is 35.0 Å². The van der Waals surface area contributed by atoms with Crippen molar-refractivity contribution in [1.82, 2.24) is 9.78 Å². The number of halogens is 2. The summed E-state index contributed by atoms with van der Waals surface area (Å²) in [5, 5.41) is 7.57. The molecule has 0 aliphatic carbocycles. The van der Waals surface area contributed by atoms with Crippen molar-refractivity contribution < 1.29 is 9.53 Å². The van der Waals surface area contributed by atoms with E-state index >= 15 is 0 Å². The number of benzene rings is 1. The van der Waals surface area contributed by atoms with Crippen molar-refractivity contribution in [3.05, 3.63) is 40.6 Å². The molecule has 0 radical (unpaired) electrons. The Balaban J connectivity index is 1.77. The highest BCUT2D eigenvalue weighted by Gasteiger charge is 2.05. The Morgan fingerprint density at radius 1 is 1.40 bits per heavy atom. The zero-order valence-corrected chi connectivity index (χ0v) is 12.3. The molecule has 7 heteroatoms. The number of aromatic nitrogens is 2. The molecule has 0 atom stereocenters. The van der Waals surface area contributed by atoms with Crippen LogP contribution < -0.4 is 10.1 Å². The van der Waals surface area contributed by atoms with Crippen LogP contribution in [0.4, 0.5) is 5.69 Å². The molecule has 0 saturated heterocycles. The predicted octanol–water partition coefficient (Wildman–Crippen LogP) is 3.13. The number of nitrogens with one attached hydrogen (secondary N) is 1. The molecule has 1 N–H and O–H groups in total. The molecule has 0 aliphatic heterocycles. The number of carbonyl (C=O) groups excluding carboxylic acids is 1. The van der Waals surface area contributed by atoms with Crippen molar-refractivity contribution >= 4 is 34.8 Å². The van der Waals surface area contributed by atoms with Crippen LogP contribution >= 0.6 is 23.2 Å². The number of rotatable bonds is 5. The van der Waals surface area contributed by atoms with E-state index in [0.29, 0.717) is 21.5 Å². The number of hydrogen-bond acceptors (Lipinski definition) is 3. The van der Waals surface area contributed by atoms with Crippen LogP contribution in [-0.4, -0.2) is 22.3 Å². The third-order valence-corrected chi connectivity index (χ3v) is 3.22. The lowest BCUT2D eigenvalue weighted by Crippen LogP contribution is -2.14. The normalized spacial score (nSPS) is 10.3. The zero-order valence-electron chi connectivity index (χ0n) is 10.8. The van der Waals surface area contributed by atoms with Gasteiger partial charge in [-0.05, 0) is 12.1 Å². The smallest absolute Gasteiger partial charge is 0.227 e. The second kappa shape index (κ2) is 6.63. The first-order valence-corrected chi connectivity index (χ1v) is 6.66. The summed E-state index contributed by atoms with van der Waals surface area (Å²) in [5.41, 5.74) is 0.659. The Hall–Kier alpha value is -1.72. The number of ether oxygens (including phenoxy) is 1. The van der Waals surface area contributed by atoms with E-state index in [1.165, 1.54) is 0 Å². The van der Waals surface area contributed by atoms with Gasteiger partial charge in [-0.1, -0.05) is 23.2 Å². The van der Waals surface area contributed by atoms with Crippen molar-refractivity contribution in [3.8, 4) is 5.75 Å². The van der Waals surface area contributed by atoms with Crippen molar-refractivity contribution in [2.75, 3.05) is 11.9 Å². The first kappa shape index (κ1) is 14.7. The van der Waals surface area contributed by atoms with Gasteiger partial charge in [0.25, 0.3) is 0 Å². The minimum absolute atomic E-state index is 0.141. The number of aryl methyl sites for hydroxylation is 1. The van der Waals surface area contributed by atoms with Crippen LogP contribution in [0.1, 0.15) is 6.42 Å². The zero-order chi connectivity index (χ0) is 14.5. The van der Waals surface area contributed by atoms with Crippen LogP contribution in [0.5, 0.6) is 5.75 Å². The molecule has 1 amide bonds. The first-order valence-electron chi connectivity index (χ1n) is 5.91. The third kappa shape index (κ3) is 4.15. The number of hydrogen-bond donors (Lipinski definition) is 1. The molecule has 106 valence electrons. The molecule has 1 heterocycles. The summed E-state index contributed by atoms with van der Waals surface area (Å²) in [4.78, 5) is 11.7. The maximum atomic E-state index is 11.7. The van der Waals surface area contributed by atoms with E-state index < -0.39 is 0 Å². The van der Waals surface area contributed by atoms with Crippen LogP contribution in [0.15, 0.2) is 30.6 Å². The summed E-state index contributed by atoms with van der Waals surface area (Å²) in [6.45, 7) is 0.254. The van der Waals surface area contributed by atoms with E-state index in [1.807, 2.05) is 0 Å². The molecule has 2 rings (SSSR count). The second-order valence-electron chi connectivity index (χ2n) is 4.13. The summed E-state index contributed by atoms with van der Waals surface area (Å²) in [6, 6.07) is 4.96. The molecule has 0 bridgehead atoms. The van der Waals surface area contributed by atoms with Gasteiger partial charge in [-0.3, -0.25) is 9.48 Å². The standard InChI is InChI=1S/C13H13Cl2N3O2/c1-18-8-9(7-16-18)17-13(19)4-5-20-10-2-3-11(14)12(15)6-10/h2-3,6-8H,4-5H2,1H3,(H,17,19). The second-order valence-corrected chi connectivity index (χ2v) is 4.94. The minimum Gasteiger partial charge on any atom is -0.493 e. The van der Waals surface area contributed by atoms with Crippen molar-refractivity contribution in [2.45, 2.75) is 6.42 Å². The highest BCUT2D eigenvalue weighted by molar-refractivity contribution is 6.42. The quantitative estimate of drug-likeness (QED) is 0.922. The molecule has 0 unspecified atom stereocenters. The molecule has 1 aromatic carbocycles. The molecule has 5 nitrogen and oxygen atoms in total. The van der Waals surface area contributed by atoms with E-state index in [2.05, 4.69) is 10.4 Å². The molecular weight excluding hydrogens is 301 g/mol. The van der Waals surface area contributed by atoms with Gasteiger partial charge < -0.3 is 10.1 Å². The fourth-order valence-electron chi connectivity index (χ4n) is 1.54. The molecule has 0 aliphatic rings. The Morgan fingerprint density at radius 3 is 2.85 bits per heavy atom. The maximum absolute atomic E-state index is 11.7. The Labute approximate surface area is 126 Å². The lowest BCUT2D eigenvalue weighted by Gasteiger charge is -2.07. The lowest BCUT2D eigenvalue weighted by molar-refractivity contribution is -0.116. The highest BCUT2D eigenvalue weighted by Crippen LogP contribution is 2.26. The van der Waals surface area contributed by atoms with E-state index in [1.54, 1.807) is 42.3 Å². The summed E-state index contributed by atoms with van der Waals surface area (Å²) in [7, 11) is 1.78. The molecular formula is C13H13Cl2N3O2. The number of carbonyl (C=O) groups is 1. The van der Waals surface area contributed by atoms with E-state index in [-0.39, 0.29) is 18.9 Å². The Kier molecular flexibility index (Phi) is 4.87. The summed E-state index contributed by atoms with van der Waals surface area (Å²) < 4.78 is 7.04. The number of amides is 1. The summed E-state index contributed by atoms with van der Waals surface area (Å²) in [6.07, 6.45) is 3.53. The number of anilines is 1. The topological polar surface area (TPSA) is 56.2 Å². The van der Waals surface area contributed by atoms with Gasteiger partial charge in [0.1, 0.15) is 5.75 Å². The number of nitrogens with zero attached hydrogens (tertiary/aromatic N) is 2. The van der Waals surface area contributed by atoms with Gasteiger partial charge >= 0.3 is 0 Å². The van der Waals surface area contributed by atoms with Gasteiger partial charge in [0.15, 0.2) is 0 Å². The predicted molar refractivity (Wildman–Crippen MR) is 78.4 cm³/mol. The van der Waals surface area contributed by atoms with Gasteiger partial charge in [-0.2, -0.15) is 5.10 Å². The highest BCUT2D eigenvalue weighted by atomic mass is 35.5. The van der Waals surface area contributed by atoms with Gasteiger partial charge in [0, 0.05) is 19.3 Å². The molecule has 2 aromatic rings. The van der Waals surface area contributed by atoms with Crippen LogP contribution in [0.3, 0.4) is 0 Å². The van der Waals surface area contributed by atoms with Crippen LogP contribution in [0.2, 0.25) is 10.0 Å². The van der Waals surface area contributed by atoms with Crippen LogP contribution in [-0.2, 0) is 11.8 Å². The Morgan fingerprint density at radius 2 is 2.20 bits per heavy atom. The van der Waals surface area contributed by atoms with E-state index in [0.717, 1.165) is 0 Å². The average Bonchev–Trinajstić information content (AvgIpc) is 2.79. The molecule has 0 fully saturated rings. The van der Waals surface area contributed by atoms with Crippen LogP contribution in [0, 0.1) is 0 Å². The fraction of sp³-hybridized carbons (Fsp3) is 0.231. The molecule has 0 spiro atoms. The average molecular weight is 314 g/mol. The van der Waals surface area contributed by atoms with E-state index in [9.17, 15) is 4.79 Å². The summed E-state index contributed by atoms with van der Waals surface area (Å²) in [5.74, 6) is 0.437. The summed E-state index contributed by atoms with van der Waals surface area (Å²) >= 11 is 11.7. The third-order valence-electron chi connectivity index (χ3n) is 2.48. The van der Waals surface area contributed by atoms with Crippen molar-refractivity contribution in [3.63, 3.8) is 0 Å². The minimum atomic E-state index is -0.141. The maximum Gasteiger partial charge on any atom is 0.227 e. The molecule has 0 saturated carbocycles. The van der Waals surface area contributed by atoms with Gasteiger partial charge in [-0.15, -0.1) is 0 Å². The monoisotopic (exact) mass is 313 g/mol. The van der Waals surface area contributed by atoms with Crippen molar-refractivity contribution in [2.24, 2.45) is 7.05 Å². The Bertz CT molecular complexity index is 613. The largest absolute Gasteiger partial charge is 0.493 e. The molecule has 20 heavy (non-hydrogen) atoms. The lowest BCUT2D eigenvalue weighted by atomic mass is 10.3.